The Bertz CT molecular complexity index is 545. The lowest BCUT2D eigenvalue weighted by molar-refractivity contribution is 0.0734. The van der Waals surface area contributed by atoms with Crippen molar-refractivity contribution in [2.45, 2.75) is 31.9 Å². The minimum absolute atomic E-state index is 0.148. The summed E-state index contributed by atoms with van der Waals surface area (Å²) in [6.45, 7) is 3.41. The number of aryl methyl sites for hydroxylation is 1. The Morgan fingerprint density at radius 3 is 3.10 bits per heavy atom. The Labute approximate surface area is 133 Å². The van der Waals surface area contributed by atoms with Crippen LogP contribution in [0, 0.1) is 5.92 Å². The topological polar surface area (TPSA) is 52.9 Å². The van der Waals surface area contributed by atoms with Gasteiger partial charge in [0.25, 0.3) is 5.91 Å². The van der Waals surface area contributed by atoms with Crippen LogP contribution in [0.5, 0.6) is 0 Å². The minimum atomic E-state index is 0.148. The fourth-order valence-electron chi connectivity index (χ4n) is 3.01. The van der Waals surface area contributed by atoms with Gasteiger partial charge in [-0.3, -0.25) is 4.79 Å². The molecule has 4 nitrogen and oxygen atoms in total. The molecule has 1 amide bonds. The van der Waals surface area contributed by atoms with E-state index in [-0.39, 0.29) is 11.8 Å². The molecule has 0 aromatic carbocycles. The van der Waals surface area contributed by atoms with Crippen molar-refractivity contribution in [1.82, 2.24) is 4.90 Å². The molecule has 1 aromatic rings. The predicted octanol–water partition coefficient (Wildman–Crippen LogP) is 3.24. The summed E-state index contributed by atoms with van der Waals surface area (Å²) >= 11 is 3.61. The van der Waals surface area contributed by atoms with Crippen LogP contribution >= 0.6 is 23.1 Å². The third kappa shape index (κ3) is 2.97. The number of hydrogen-bond acceptors (Lipinski definition) is 5. The van der Waals surface area contributed by atoms with E-state index in [0.29, 0.717) is 19.5 Å². The predicted molar refractivity (Wildman–Crippen MR) is 87.7 cm³/mol. The van der Waals surface area contributed by atoms with Crippen molar-refractivity contribution in [1.29, 1.82) is 0 Å². The number of thiophene rings is 1. The molecule has 1 fully saturated rings. The van der Waals surface area contributed by atoms with E-state index in [1.165, 1.54) is 16.2 Å². The lowest BCUT2D eigenvalue weighted by Gasteiger charge is -2.32. The zero-order chi connectivity index (χ0) is 14.8. The maximum absolute atomic E-state index is 12.7. The second kappa shape index (κ2) is 6.40. The molecule has 0 saturated carbocycles. The summed E-state index contributed by atoms with van der Waals surface area (Å²) in [4.78, 5) is 16.9. The van der Waals surface area contributed by atoms with Gasteiger partial charge in [-0.25, -0.2) is 0 Å². The number of amides is 1. The van der Waals surface area contributed by atoms with Crippen molar-refractivity contribution in [2.24, 2.45) is 11.1 Å². The Morgan fingerprint density at radius 1 is 1.52 bits per heavy atom. The molecule has 114 valence electrons. The molecule has 0 aliphatic carbocycles. The summed E-state index contributed by atoms with van der Waals surface area (Å²) in [7, 11) is 0. The number of hydrogen-bond donors (Lipinski definition) is 1. The highest BCUT2D eigenvalue weighted by atomic mass is 32.2. The van der Waals surface area contributed by atoms with Crippen molar-refractivity contribution < 1.29 is 10.0 Å². The van der Waals surface area contributed by atoms with Gasteiger partial charge in [0.15, 0.2) is 0 Å². The summed E-state index contributed by atoms with van der Waals surface area (Å²) < 4.78 is 0. The van der Waals surface area contributed by atoms with Gasteiger partial charge >= 0.3 is 0 Å². The van der Waals surface area contributed by atoms with E-state index in [0.717, 1.165) is 29.2 Å². The van der Waals surface area contributed by atoms with Crippen LogP contribution in [0.3, 0.4) is 0 Å². The van der Waals surface area contributed by atoms with Crippen molar-refractivity contribution in [3.63, 3.8) is 0 Å². The van der Waals surface area contributed by atoms with Crippen LogP contribution in [-0.2, 0) is 12.2 Å². The zero-order valence-electron chi connectivity index (χ0n) is 12.2. The number of thioether (sulfide) groups is 1. The molecule has 3 rings (SSSR count). The van der Waals surface area contributed by atoms with Crippen LogP contribution in [0.15, 0.2) is 11.2 Å². The maximum atomic E-state index is 12.7. The molecule has 1 saturated heterocycles. The number of carbonyl (C=O) groups excluding carboxylic acids is 1. The van der Waals surface area contributed by atoms with E-state index in [9.17, 15) is 4.79 Å². The molecule has 3 heterocycles. The standard InChI is InChI=1S/C15H20N2O2S2/c1-2-10-8-17(5-3-12(10)16-19)15(18)14-7-11-9-20-6-4-13(11)21-14/h7,10,19H,2-6,8-9H2,1H3. The highest BCUT2D eigenvalue weighted by Crippen LogP contribution is 2.32. The molecule has 21 heavy (non-hydrogen) atoms. The number of piperidine rings is 1. The third-order valence-electron chi connectivity index (χ3n) is 4.30. The third-order valence-corrected chi connectivity index (χ3v) is 6.53. The fourth-order valence-corrected chi connectivity index (χ4v) is 5.35. The molecule has 2 aliphatic heterocycles. The summed E-state index contributed by atoms with van der Waals surface area (Å²) in [5.74, 6) is 2.55. The smallest absolute Gasteiger partial charge is 0.263 e. The molecule has 1 N–H and O–H groups in total. The first-order valence-electron chi connectivity index (χ1n) is 7.42. The molecule has 2 aliphatic rings. The average molecular weight is 324 g/mol. The average Bonchev–Trinajstić information content (AvgIpc) is 2.97. The van der Waals surface area contributed by atoms with E-state index in [1.54, 1.807) is 11.3 Å². The lowest BCUT2D eigenvalue weighted by atomic mass is 9.93. The number of oxime groups is 1. The van der Waals surface area contributed by atoms with Crippen LogP contribution in [0.2, 0.25) is 0 Å². The number of likely N-dealkylation sites (tertiary alicyclic amines) is 1. The Balaban J connectivity index is 1.75. The Kier molecular flexibility index (Phi) is 4.54. The monoisotopic (exact) mass is 324 g/mol. The molecular formula is C15H20N2O2S2. The highest BCUT2D eigenvalue weighted by molar-refractivity contribution is 7.98. The van der Waals surface area contributed by atoms with E-state index in [2.05, 4.69) is 18.1 Å². The lowest BCUT2D eigenvalue weighted by Crippen LogP contribution is -2.43. The van der Waals surface area contributed by atoms with Gasteiger partial charge in [-0.2, -0.15) is 11.8 Å². The van der Waals surface area contributed by atoms with E-state index < -0.39 is 0 Å². The molecule has 1 unspecified atom stereocenters. The van der Waals surface area contributed by atoms with Crippen LogP contribution < -0.4 is 0 Å². The molecule has 6 heteroatoms. The second-order valence-corrected chi connectivity index (χ2v) is 7.80. The van der Waals surface area contributed by atoms with Gasteiger partial charge in [-0.05, 0) is 30.2 Å². The molecular weight excluding hydrogens is 304 g/mol. The van der Waals surface area contributed by atoms with E-state index >= 15 is 0 Å². The van der Waals surface area contributed by atoms with Crippen molar-refractivity contribution in [3.8, 4) is 0 Å². The van der Waals surface area contributed by atoms with Gasteiger partial charge in [0.1, 0.15) is 0 Å². The van der Waals surface area contributed by atoms with E-state index in [1.807, 2.05) is 16.7 Å². The minimum Gasteiger partial charge on any atom is -0.411 e. The van der Waals surface area contributed by atoms with Crippen LogP contribution in [0.1, 0.15) is 39.9 Å². The summed E-state index contributed by atoms with van der Waals surface area (Å²) in [6, 6.07) is 2.09. The van der Waals surface area contributed by atoms with Gasteiger partial charge in [0, 0.05) is 36.1 Å². The van der Waals surface area contributed by atoms with Crippen LogP contribution in [0.25, 0.3) is 0 Å². The van der Waals surface area contributed by atoms with Crippen molar-refractivity contribution in [2.75, 3.05) is 18.8 Å². The van der Waals surface area contributed by atoms with Crippen molar-refractivity contribution >= 4 is 34.7 Å². The SMILES string of the molecule is CCC1CN(C(=O)c2cc3c(s2)CCSC3)CCC1=NO. The summed E-state index contributed by atoms with van der Waals surface area (Å²) in [5.41, 5.74) is 2.18. The quantitative estimate of drug-likeness (QED) is 0.671. The summed E-state index contributed by atoms with van der Waals surface area (Å²) in [5, 5.41) is 12.4. The van der Waals surface area contributed by atoms with Gasteiger partial charge in [-0.1, -0.05) is 12.1 Å². The fraction of sp³-hybridized carbons (Fsp3) is 0.600. The summed E-state index contributed by atoms with van der Waals surface area (Å²) in [6.07, 6.45) is 2.68. The first kappa shape index (κ1) is 14.9. The number of fused-ring (bicyclic) bond motifs is 1. The van der Waals surface area contributed by atoms with Gasteiger partial charge < -0.3 is 10.1 Å². The first-order chi connectivity index (χ1) is 10.2. The largest absolute Gasteiger partial charge is 0.411 e. The van der Waals surface area contributed by atoms with Crippen LogP contribution in [0.4, 0.5) is 0 Å². The normalized spacial score (nSPS) is 24.1. The van der Waals surface area contributed by atoms with Gasteiger partial charge in [0.05, 0.1) is 10.6 Å². The second-order valence-electron chi connectivity index (χ2n) is 5.56. The Hall–Kier alpha value is -1.01. The molecule has 0 spiro atoms. The van der Waals surface area contributed by atoms with Crippen molar-refractivity contribution in [3.05, 3.63) is 21.4 Å². The Morgan fingerprint density at radius 2 is 2.38 bits per heavy atom. The molecule has 0 bridgehead atoms. The molecule has 1 atom stereocenters. The van der Waals surface area contributed by atoms with Gasteiger partial charge in [-0.15, -0.1) is 11.3 Å². The number of nitrogens with zero attached hydrogens (tertiary/aromatic N) is 2. The number of carbonyl (C=O) groups is 1. The molecule has 1 aromatic heterocycles. The van der Waals surface area contributed by atoms with Gasteiger partial charge in [0.2, 0.25) is 0 Å². The molecule has 0 radical (unpaired) electrons. The van der Waals surface area contributed by atoms with E-state index in [4.69, 9.17) is 5.21 Å². The maximum Gasteiger partial charge on any atom is 0.263 e. The van der Waals surface area contributed by atoms with Crippen LogP contribution in [-0.4, -0.2) is 40.6 Å². The first-order valence-corrected chi connectivity index (χ1v) is 9.39. The highest BCUT2D eigenvalue weighted by Gasteiger charge is 2.29. The zero-order valence-corrected chi connectivity index (χ0v) is 13.8. The number of rotatable bonds is 2.